The van der Waals surface area contributed by atoms with E-state index in [1.807, 2.05) is 60.7 Å². The minimum absolute atomic E-state index is 0.112. The van der Waals surface area contributed by atoms with Gasteiger partial charge >= 0.3 is 5.97 Å². The molecular weight excluding hydrogens is 404 g/mol. The Hall–Kier alpha value is -4.45. The van der Waals surface area contributed by atoms with Gasteiger partial charge in [-0.25, -0.2) is 4.79 Å². The molecule has 1 heterocycles. The minimum Gasteiger partial charge on any atom is -0.493 e. The highest BCUT2D eigenvalue weighted by atomic mass is 16.6. The SMILES string of the molecule is COc1cc(C=NN=C(c2ccccc2)c2ccccc2)ccc1OC(=O)c1ccco1. The van der Waals surface area contributed by atoms with Crippen LogP contribution in [-0.4, -0.2) is 25.0 Å². The van der Waals surface area contributed by atoms with Crippen molar-refractivity contribution in [3.8, 4) is 11.5 Å². The molecule has 0 bridgehead atoms. The van der Waals surface area contributed by atoms with Crippen molar-refractivity contribution >= 4 is 17.9 Å². The van der Waals surface area contributed by atoms with Crippen molar-refractivity contribution in [2.75, 3.05) is 7.11 Å². The first-order valence-corrected chi connectivity index (χ1v) is 9.90. The number of esters is 1. The van der Waals surface area contributed by atoms with Gasteiger partial charge in [-0.2, -0.15) is 5.10 Å². The molecule has 0 aliphatic carbocycles. The van der Waals surface area contributed by atoms with Gasteiger partial charge in [0.05, 0.1) is 19.6 Å². The predicted molar refractivity (Wildman–Crippen MR) is 123 cm³/mol. The van der Waals surface area contributed by atoms with Crippen molar-refractivity contribution in [2.24, 2.45) is 10.2 Å². The van der Waals surface area contributed by atoms with Gasteiger partial charge in [0.1, 0.15) is 5.71 Å². The third-order valence-electron chi connectivity index (χ3n) is 4.57. The van der Waals surface area contributed by atoms with Gasteiger partial charge in [0.25, 0.3) is 0 Å². The van der Waals surface area contributed by atoms with E-state index in [0.29, 0.717) is 5.75 Å². The normalized spacial score (nSPS) is 10.7. The fourth-order valence-electron chi connectivity index (χ4n) is 3.02. The van der Waals surface area contributed by atoms with Crippen LogP contribution < -0.4 is 9.47 Å². The number of methoxy groups -OCH3 is 1. The van der Waals surface area contributed by atoms with E-state index in [0.717, 1.165) is 22.4 Å². The first-order valence-electron chi connectivity index (χ1n) is 9.90. The summed E-state index contributed by atoms with van der Waals surface area (Å²) in [5.74, 6) is 0.184. The Morgan fingerprint density at radius 3 is 2.12 bits per heavy atom. The van der Waals surface area contributed by atoms with E-state index in [2.05, 4.69) is 10.2 Å². The molecule has 0 N–H and O–H groups in total. The average molecular weight is 424 g/mol. The van der Waals surface area contributed by atoms with E-state index in [1.54, 1.807) is 30.5 Å². The van der Waals surface area contributed by atoms with Gasteiger partial charge in [-0.1, -0.05) is 60.7 Å². The molecule has 3 aromatic carbocycles. The highest BCUT2D eigenvalue weighted by molar-refractivity contribution is 6.13. The number of carbonyl (C=O) groups is 1. The molecule has 1 aromatic heterocycles. The van der Waals surface area contributed by atoms with Crippen LogP contribution in [0.4, 0.5) is 0 Å². The van der Waals surface area contributed by atoms with Gasteiger partial charge in [0, 0.05) is 11.1 Å². The van der Waals surface area contributed by atoms with E-state index in [4.69, 9.17) is 13.9 Å². The number of carbonyl (C=O) groups excluding carboxylic acids is 1. The van der Waals surface area contributed by atoms with Crippen LogP contribution in [0.1, 0.15) is 27.2 Å². The highest BCUT2D eigenvalue weighted by Crippen LogP contribution is 2.28. The van der Waals surface area contributed by atoms with Crippen molar-refractivity contribution in [3.63, 3.8) is 0 Å². The summed E-state index contributed by atoms with van der Waals surface area (Å²) in [6.07, 6.45) is 3.03. The Kier molecular flexibility index (Phi) is 6.53. The van der Waals surface area contributed by atoms with Crippen LogP contribution in [0.5, 0.6) is 11.5 Å². The lowest BCUT2D eigenvalue weighted by molar-refractivity contribution is 0.0696. The minimum atomic E-state index is -0.602. The maximum Gasteiger partial charge on any atom is 0.379 e. The number of nitrogens with zero attached hydrogens (tertiary/aromatic N) is 2. The van der Waals surface area contributed by atoms with E-state index < -0.39 is 5.97 Å². The van der Waals surface area contributed by atoms with Gasteiger partial charge in [-0.05, 0) is 35.9 Å². The first-order chi connectivity index (χ1) is 15.7. The molecule has 0 aliphatic rings. The van der Waals surface area contributed by atoms with Gasteiger partial charge in [0.2, 0.25) is 5.76 Å². The van der Waals surface area contributed by atoms with E-state index in [9.17, 15) is 4.79 Å². The molecule has 6 nitrogen and oxygen atoms in total. The summed E-state index contributed by atoms with van der Waals surface area (Å²) in [6, 6.07) is 28.0. The molecule has 0 saturated carbocycles. The number of ether oxygens (including phenoxy) is 2. The molecule has 0 aliphatic heterocycles. The zero-order valence-electron chi connectivity index (χ0n) is 17.3. The topological polar surface area (TPSA) is 73.4 Å². The van der Waals surface area contributed by atoms with Gasteiger partial charge < -0.3 is 13.9 Å². The Labute approximate surface area is 185 Å². The number of benzene rings is 3. The fourth-order valence-corrected chi connectivity index (χ4v) is 3.02. The van der Waals surface area contributed by atoms with Crippen molar-refractivity contribution in [1.29, 1.82) is 0 Å². The molecule has 0 radical (unpaired) electrons. The molecule has 0 atom stereocenters. The summed E-state index contributed by atoms with van der Waals surface area (Å²) in [7, 11) is 1.50. The summed E-state index contributed by atoms with van der Waals surface area (Å²) in [5.41, 5.74) is 3.43. The second-order valence-corrected chi connectivity index (χ2v) is 6.70. The van der Waals surface area contributed by atoms with E-state index >= 15 is 0 Å². The van der Waals surface area contributed by atoms with Crippen LogP contribution in [0.2, 0.25) is 0 Å². The Morgan fingerprint density at radius 1 is 0.844 bits per heavy atom. The summed E-state index contributed by atoms with van der Waals surface area (Å²) in [6.45, 7) is 0. The van der Waals surface area contributed by atoms with Crippen molar-refractivity contribution in [3.05, 3.63) is 120 Å². The third kappa shape index (κ3) is 4.99. The van der Waals surface area contributed by atoms with Gasteiger partial charge in [0.15, 0.2) is 11.5 Å². The second-order valence-electron chi connectivity index (χ2n) is 6.70. The number of hydrogen-bond acceptors (Lipinski definition) is 6. The van der Waals surface area contributed by atoms with Crippen LogP contribution in [0, 0.1) is 0 Å². The van der Waals surface area contributed by atoms with Crippen molar-refractivity contribution in [1.82, 2.24) is 0 Å². The maximum atomic E-state index is 12.1. The molecule has 4 aromatic rings. The highest BCUT2D eigenvalue weighted by Gasteiger charge is 2.15. The van der Waals surface area contributed by atoms with Gasteiger partial charge in [-0.15, -0.1) is 5.10 Å². The lowest BCUT2D eigenvalue weighted by atomic mass is 10.0. The Morgan fingerprint density at radius 2 is 1.53 bits per heavy atom. The first kappa shape index (κ1) is 20.8. The van der Waals surface area contributed by atoms with E-state index in [1.165, 1.54) is 19.4 Å². The summed E-state index contributed by atoms with van der Waals surface area (Å²) >= 11 is 0. The van der Waals surface area contributed by atoms with Crippen LogP contribution in [-0.2, 0) is 0 Å². The van der Waals surface area contributed by atoms with Crippen LogP contribution in [0.25, 0.3) is 0 Å². The second kappa shape index (κ2) is 10.0. The molecule has 4 rings (SSSR count). The Bertz CT molecular complexity index is 1190. The molecule has 0 saturated heterocycles. The molecular formula is C26H20N2O4. The summed E-state index contributed by atoms with van der Waals surface area (Å²) < 4.78 is 15.8. The third-order valence-corrected chi connectivity index (χ3v) is 4.57. The van der Waals surface area contributed by atoms with Crippen molar-refractivity contribution < 1.29 is 18.7 Å². The summed E-state index contributed by atoms with van der Waals surface area (Å²) in [4.78, 5) is 12.1. The Balaban J connectivity index is 1.57. The van der Waals surface area contributed by atoms with Crippen molar-refractivity contribution in [2.45, 2.75) is 0 Å². The van der Waals surface area contributed by atoms with Crippen LogP contribution in [0.3, 0.4) is 0 Å². The zero-order valence-corrected chi connectivity index (χ0v) is 17.3. The number of hydrogen-bond donors (Lipinski definition) is 0. The molecule has 0 spiro atoms. The largest absolute Gasteiger partial charge is 0.493 e. The molecule has 32 heavy (non-hydrogen) atoms. The molecule has 0 unspecified atom stereocenters. The van der Waals surface area contributed by atoms with E-state index in [-0.39, 0.29) is 11.5 Å². The average Bonchev–Trinajstić information content (AvgIpc) is 3.39. The number of furan rings is 1. The quantitative estimate of drug-likeness (QED) is 0.173. The zero-order chi connectivity index (χ0) is 22.2. The lowest BCUT2D eigenvalue weighted by Gasteiger charge is -2.09. The van der Waals surface area contributed by atoms with Crippen LogP contribution in [0.15, 0.2) is 112 Å². The monoisotopic (exact) mass is 424 g/mol. The fraction of sp³-hybridized carbons (Fsp3) is 0.0385. The van der Waals surface area contributed by atoms with Gasteiger partial charge in [-0.3, -0.25) is 0 Å². The molecule has 158 valence electrons. The smallest absolute Gasteiger partial charge is 0.379 e. The molecule has 0 amide bonds. The molecule has 6 heteroatoms. The standard InChI is InChI=1S/C26H20N2O4/c1-30-24-17-19(14-15-22(24)32-26(29)23-13-8-16-31-23)18-27-28-25(20-9-4-2-5-10-20)21-11-6-3-7-12-21/h2-18H,1H3. The van der Waals surface area contributed by atoms with Crippen LogP contribution >= 0.6 is 0 Å². The molecule has 0 fully saturated rings. The summed E-state index contributed by atoms with van der Waals surface area (Å²) in [5, 5.41) is 8.75. The predicted octanol–water partition coefficient (Wildman–Crippen LogP) is 5.38. The lowest BCUT2D eigenvalue weighted by Crippen LogP contribution is -2.08. The maximum absolute atomic E-state index is 12.1. The number of rotatable bonds is 7.